The number of aromatic carboxylic acids is 1. The van der Waals surface area contributed by atoms with Gasteiger partial charge in [-0.1, -0.05) is 0 Å². The van der Waals surface area contributed by atoms with Gasteiger partial charge in [0.1, 0.15) is 5.75 Å². The molecule has 4 N–H and O–H groups in total. The van der Waals surface area contributed by atoms with E-state index in [1.807, 2.05) is 5.32 Å². The number of carbonyl (C=O) groups is 3. The van der Waals surface area contributed by atoms with Crippen molar-refractivity contribution < 1.29 is 24.2 Å². The first-order valence-corrected chi connectivity index (χ1v) is 4.89. The summed E-state index contributed by atoms with van der Waals surface area (Å²) in [5, 5.41) is 10.6. The highest BCUT2D eigenvalue weighted by molar-refractivity contribution is 5.93. The number of primary amides is 1. The number of nitrogens with zero attached hydrogens (tertiary/aromatic N) is 1. The average molecular weight is 253 g/mol. The van der Waals surface area contributed by atoms with Gasteiger partial charge in [0.25, 0.3) is 0 Å². The second-order valence-electron chi connectivity index (χ2n) is 3.23. The molecule has 0 saturated carbocycles. The number of imide groups is 1. The summed E-state index contributed by atoms with van der Waals surface area (Å²) in [6.45, 7) is -0.0239. The summed E-state index contributed by atoms with van der Waals surface area (Å²) in [4.78, 5) is 35.7. The van der Waals surface area contributed by atoms with Crippen LogP contribution in [0.5, 0.6) is 5.75 Å². The topological polar surface area (TPSA) is 132 Å². The van der Waals surface area contributed by atoms with Gasteiger partial charge in [-0.2, -0.15) is 0 Å². The summed E-state index contributed by atoms with van der Waals surface area (Å²) in [7, 11) is 0. The van der Waals surface area contributed by atoms with Gasteiger partial charge in [0.2, 0.25) is 5.91 Å². The molecular formula is C10H11N3O5. The van der Waals surface area contributed by atoms with Crippen LogP contribution >= 0.6 is 0 Å². The molecular weight excluding hydrogens is 242 g/mol. The second-order valence-corrected chi connectivity index (χ2v) is 3.23. The predicted molar refractivity (Wildman–Crippen MR) is 59.0 cm³/mol. The lowest BCUT2D eigenvalue weighted by Crippen LogP contribution is -2.35. The zero-order chi connectivity index (χ0) is 13.5. The van der Waals surface area contributed by atoms with Gasteiger partial charge in [0.15, 0.2) is 0 Å². The van der Waals surface area contributed by atoms with E-state index in [1.165, 1.54) is 18.5 Å². The number of rotatable bonds is 5. The lowest BCUT2D eigenvalue weighted by atomic mass is 10.3. The molecule has 8 nitrogen and oxygen atoms in total. The molecule has 1 rings (SSSR count). The highest BCUT2D eigenvalue weighted by atomic mass is 16.5. The van der Waals surface area contributed by atoms with Crippen LogP contribution in [0.1, 0.15) is 16.8 Å². The van der Waals surface area contributed by atoms with Gasteiger partial charge in [-0.25, -0.2) is 9.59 Å². The van der Waals surface area contributed by atoms with Crippen LogP contribution in [0.25, 0.3) is 0 Å². The molecule has 0 aliphatic carbocycles. The van der Waals surface area contributed by atoms with Crippen molar-refractivity contribution in [2.24, 2.45) is 5.73 Å². The number of nitrogens with one attached hydrogen (secondary N) is 1. The minimum absolute atomic E-state index is 0.0194. The van der Waals surface area contributed by atoms with E-state index in [0.29, 0.717) is 0 Å². The van der Waals surface area contributed by atoms with Crippen molar-refractivity contribution in [2.75, 3.05) is 6.61 Å². The Morgan fingerprint density at radius 2 is 2.11 bits per heavy atom. The molecule has 8 heteroatoms. The van der Waals surface area contributed by atoms with Crippen LogP contribution in [-0.4, -0.2) is 34.6 Å². The molecule has 0 aliphatic rings. The smallest absolute Gasteiger partial charge is 0.337 e. The molecule has 0 fully saturated rings. The fourth-order valence-corrected chi connectivity index (χ4v) is 1.08. The summed E-state index contributed by atoms with van der Waals surface area (Å²) in [5.41, 5.74) is 4.72. The van der Waals surface area contributed by atoms with Crippen molar-refractivity contribution in [3.05, 3.63) is 24.0 Å². The van der Waals surface area contributed by atoms with Crippen LogP contribution in [0, 0.1) is 0 Å². The molecule has 0 spiro atoms. The Morgan fingerprint density at radius 1 is 1.39 bits per heavy atom. The number of hydrogen-bond donors (Lipinski definition) is 3. The molecule has 1 aromatic heterocycles. The Bertz CT molecular complexity index is 474. The largest absolute Gasteiger partial charge is 0.491 e. The number of carbonyl (C=O) groups excluding carboxylic acids is 2. The maximum absolute atomic E-state index is 11.0. The number of ether oxygens (including phenoxy) is 1. The first-order valence-electron chi connectivity index (χ1n) is 4.89. The van der Waals surface area contributed by atoms with Gasteiger partial charge in [-0.15, -0.1) is 0 Å². The number of aromatic nitrogens is 1. The van der Waals surface area contributed by atoms with E-state index in [-0.39, 0.29) is 24.3 Å². The molecule has 0 radical (unpaired) electrons. The standard InChI is InChI=1S/C10H11N3O5/c11-10(17)13-8(14)1-2-18-7-3-6(9(15)16)4-12-5-7/h3-5H,1-2H2,(H,15,16)(H3,11,13,14,17). The summed E-state index contributed by atoms with van der Waals surface area (Å²) in [5.74, 6) is -1.48. The second kappa shape index (κ2) is 6.18. The molecule has 18 heavy (non-hydrogen) atoms. The molecule has 0 saturated heterocycles. The van der Waals surface area contributed by atoms with Crippen LogP contribution in [0.2, 0.25) is 0 Å². The van der Waals surface area contributed by atoms with Gasteiger partial charge in [-0.05, 0) is 6.07 Å². The minimum atomic E-state index is -1.13. The summed E-state index contributed by atoms with van der Waals surface area (Å²) in [6.07, 6.45) is 2.41. The number of amides is 3. The number of hydrogen-bond acceptors (Lipinski definition) is 5. The fourth-order valence-electron chi connectivity index (χ4n) is 1.08. The van der Waals surface area contributed by atoms with Crippen LogP contribution in [-0.2, 0) is 4.79 Å². The molecule has 1 aromatic rings. The van der Waals surface area contributed by atoms with Gasteiger partial charge in [-0.3, -0.25) is 15.1 Å². The third-order valence-corrected chi connectivity index (χ3v) is 1.82. The molecule has 1 heterocycles. The van der Waals surface area contributed by atoms with Crippen molar-refractivity contribution in [3.63, 3.8) is 0 Å². The van der Waals surface area contributed by atoms with Gasteiger partial charge in [0.05, 0.1) is 24.8 Å². The van der Waals surface area contributed by atoms with Crippen LogP contribution < -0.4 is 15.8 Å². The van der Waals surface area contributed by atoms with Crippen molar-refractivity contribution in [1.29, 1.82) is 0 Å². The maximum Gasteiger partial charge on any atom is 0.337 e. The molecule has 0 bridgehead atoms. The highest BCUT2D eigenvalue weighted by Gasteiger charge is 2.07. The quantitative estimate of drug-likeness (QED) is 0.662. The number of carboxylic acid groups (broad SMARTS) is 1. The highest BCUT2D eigenvalue weighted by Crippen LogP contribution is 2.11. The number of nitrogens with two attached hydrogens (primary N) is 1. The van der Waals surface area contributed by atoms with Gasteiger partial charge >= 0.3 is 12.0 Å². The van der Waals surface area contributed by atoms with E-state index >= 15 is 0 Å². The summed E-state index contributed by atoms with van der Waals surface area (Å²) < 4.78 is 5.11. The van der Waals surface area contributed by atoms with E-state index < -0.39 is 17.9 Å². The first-order chi connectivity index (χ1) is 8.49. The fraction of sp³-hybridized carbons (Fsp3) is 0.200. The van der Waals surface area contributed by atoms with E-state index in [0.717, 1.165) is 0 Å². The molecule has 0 atom stereocenters. The minimum Gasteiger partial charge on any atom is -0.491 e. The molecule has 0 unspecified atom stereocenters. The normalized spacial score (nSPS) is 9.56. The lowest BCUT2D eigenvalue weighted by molar-refractivity contribution is -0.120. The van der Waals surface area contributed by atoms with Crippen molar-refractivity contribution in [2.45, 2.75) is 6.42 Å². The monoisotopic (exact) mass is 253 g/mol. The average Bonchev–Trinajstić information content (AvgIpc) is 2.28. The Labute approximate surface area is 102 Å². The van der Waals surface area contributed by atoms with Gasteiger partial charge in [0, 0.05) is 6.20 Å². The van der Waals surface area contributed by atoms with Crippen molar-refractivity contribution in [3.8, 4) is 5.75 Å². The lowest BCUT2D eigenvalue weighted by Gasteiger charge is -2.05. The van der Waals surface area contributed by atoms with Crippen LogP contribution in [0.4, 0.5) is 4.79 Å². The van der Waals surface area contributed by atoms with Gasteiger partial charge < -0.3 is 15.6 Å². The first kappa shape index (κ1) is 13.4. The third kappa shape index (κ3) is 4.47. The predicted octanol–water partition coefficient (Wildman–Crippen LogP) is -0.256. The number of pyridine rings is 1. The van der Waals surface area contributed by atoms with Crippen LogP contribution in [0.15, 0.2) is 18.5 Å². The zero-order valence-electron chi connectivity index (χ0n) is 9.25. The summed E-state index contributed by atoms with van der Waals surface area (Å²) >= 11 is 0. The Morgan fingerprint density at radius 3 is 2.72 bits per heavy atom. The van der Waals surface area contributed by atoms with E-state index in [9.17, 15) is 14.4 Å². The van der Waals surface area contributed by atoms with Crippen molar-refractivity contribution in [1.82, 2.24) is 10.3 Å². The molecule has 0 aromatic carbocycles. The zero-order valence-corrected chi connectivity index (χ0v) is 9.25. The Kier molecular flexibility index (Phi) is 4.61. The van der Waals surface area contributed by atoms with E-state index in [1.54, 1.807) is 0 Å². The maximum atomic E-state index is 11.0. The number of urea groups is 1. The molecule has 3 amide bonds. The molecule has 96 valence electrons. The third-order valence-electron chi connectivity index (χ3n) is 1.82. The van der Waals surface area contributed by atoms with E-state index in [4.69, 9.17) is 15.6 Å². The summed E-state index contributed by atoms with van der Waals surface area (Å²) in [6, 6.07) is 0.343. The van der Waals surface area contributed by atoms with E-state index in [2.05, 4.69) is 4.98 Å². The van der Waals surface area contributed by atoms with Crippen LogP contribution in [0.3, 0.4) is 0 Å². The SMILES string of the molecule is NC(=O)NC(=O)CCOc1cncc(C(=O)O)c1. The van der Waals surface area contributed by atoms with Crippen molar-refractivity contribution >= 4 is 17.9 Å². The Balaban J connectivity index is 2.44. The molecule has 0 aliphatic heterocycles. The number of carboxylic acids is 1. The Hall–Kier alpha value is -2.64.